The van der Waals surface area contributed by atoms with Crippen LogP contribution >= 0.6 is 11.6 Å². The summed E-state index contributed by atoms with van der Waals surface area (Å²) < 4.78 is 46.7. The summed E-state index contributed by atoms with van der Waals surface area (Å²) in [5.41, 5.74) is 2.60. The average Bonchev–Trinajstić information content (AvgIpc) is 2.95. The molecule has 4 aromatic rings. The van der Waals surface area contributed by atoms with E-state index in [1.807, 2.05) is 36.4 Å². The molecule has 0 saturated heterocycles. The number of hydrogen-bond donors (Lipinski definition) is 1. The van der Waals surface area contributed by atoms with Gasteiger partial charge in [0.25, 0.3) is 0 Å². The molecular formula is C34H32ClF3O3. The number of halogens is 4. The Kier molecular flexibility index (Phi) is 10.5. The van der Waals surface area contributed by atoms with Crippen molar-refractivity contribution < 1.29 is 27.8 Å². The van der Waals surface area contributed by atoms with Crippen LogP contribution in [0.2, 0.25) is 5.02 Å². The molecule has 1 N–H and O–H groups in total. The highest BCUT2D eigenvalue weighted by Gasteiger charge is 2.34. The Morgan fingerprint density at radius 1 is 0.854 bits per heavy atom. The molecule has 41 heavy (non-hydrogen) atoms. The summed E-state index contributed by atoms with van der Waals surface area (Å²) in [5, 5.41) is 8.82. The largest absolute Gasteiger partial charge is 0.494 e. The topological polar surface area (TPSA) is 46.5 Å². The van der Waals surface area contributed by atoms with Gasteiger partial charge in [0, 0.05) is 5.92 Å². The fraction of sp³-hybridized carbons (Fsp3) is 0.265. The molecule has 0 aliphatic rings. The molecule has 0 bridgehead atoms. The molecule has 0 saturated carbocycles. The van der Waals surface area contributed by atoms with E-state index in [4.69, 9.17) is 21.4 Å². The van der Waals surface area contributed by atoms with E-state index in [0.29, 0.717) is 49.2 Å². The van der Waals surface area contributed by atoms with E-state index in [0.717, 1.165) is 17.2 Å². The van der Waals surface area contributed by atoms with Crippen molar-refractivity contribution in [1.29, 1.82) is 0 Å². The number of ether oxygens (including phenoxy) is 1. The second-order valence-corrected chi connectivity index (χ2v) is 10.5. The Labute approximate surface area is 243 Å². The fourth-order valence-corrected chi connectivity index (χ4v) is 5.53. The van der Waals surface area contributed by atoms with E-state index in [1.165, 1.54) is 6.07 Å². The molecule has 0 aliphatic carbocycles. The average molecular weight is 581 g/mol. The fourth-order valence-electron chi connectivity index (χ4n) is 5.22. The lowest BCUT2D eigenvalue weighted by atomic mass is 9.80. The van der Waals surface area contributed by atoms with Gasteiger partial charge in [-0.05, 0) is 72.1 Å². The summed E-state index contributed by atoms with van der Waals surface area (Å²) in [7, 11) is 0. The first-order valence-electron chi connectivity index (χ1n) is 13.6. The van der Waals surface area contributed by atoms with Gasteiger partial charge < -0.3 is 9.84 Å². The van der Waals surface area contributed by atoms with Crippen molar-refractivity contribution in [3.8, 4) is 5.75 Å². The molecule has 3 nitrogen and oxygen atoms in total. The number of hydrogen-bond acceptors (Lipinski definition) is 2. The first-order chi connectivity index (χ1) is 19.7. The molecule has 0 heterocycles. The molecule has 0 radical (unpaired) electrons. The molecule has 0 spiro atoms. The quantitative estimate of drug-likeness (QED) is 0.160. The Hall–Kier alpha value is -3.77. The number of carboxylic acids is 1. The van der Waals surface area contributed by atoms with E-state index < -0.39 is 17.7 Å². The van der Waals surface area contributed by atoms with Crippen molar-refractivity contribution >= 4 is 17.6 Å². The third-order valence-corrected chi connectivity index (χ3v) is 7.59. The van der Waals surface area contributed by atoms with Crippen molar-refractivity contribution in [2.24, 2.45) is 5.92 Å². The van der Waals surface area contributed by atoms with Crippen molar-refractivity contribution in [2.45, 2.75) is 44.2 Å². The van der Waals surface area contributed by atoms with E-state index in [1.54, 1.807) is 30.3 Å². The third-order valence-electron chi connectivity index (χ3n) is 7.14. The normalized spacial score (nSPS) is 12.3. The lowest BCUT2D eigenvalue weighted by Crippen LogP contribution is -2.15. The van der Waals surface area contributed by atoms with Crippen LogP contribution in [0.1, 0.15) is 53.0 Å². The minimum atomic E-state index is -4.53. The van der Waals surface area contributed by atoms with Crippen LogP contribution in [0.5, 0.6) is 5.75 Å². The zero-order valence-electron chi connectivity index (χ0n) is 22.5. The second-order valence-electron chi connectivity index (χ2n) is 10.2. The third kappa shape index (κ3) is 8.86. The smallest absolute Gasteiger partial charge is 0.417 e. The Balaban J connectivity index is 1.54. The summed E-state index contributed by atoms with van der Waals surface area (Å²) in [6, 6.07) is 31.4. The van der Waals surface area contributed by atoms with Crippen LogP contribution in [0.15, 0.2) is 103 Å². The van der Waals surface area contributed by atoms with Gasteiger partial charge in [0.2, 0.25) is 0 Å². The van der Waals surface area contributed by atoms with Crippen molar-refractivity contribution in [3.63, 3.8) is 0 Å². The van der Waals surface area contributed by atoms with Gasteiger partial charge in [-0.15, -0.1) is 0 Å². The van der Waals surface area contributed by atoms with E-state index in [9.17, 15) is 18.0 Å². The number of benzene rings is 4. The van der Waals surface area contributed by atoms with Crippen LogP contribution in [0.4, 0.5) is 13.2 Å². The maximum atomic E-state index is 13.6. The minimum absolute atomic E-state index is 0.0170. The van der Waals surface area contributed by atoms with Gasteiger partial charge in [0.1, 0.15) is 5.75 Å². The highest BCUT2D eigenvalue weighted by atomic mass is 35.5. The van der Waals surface area contributed by atoms with E-state index in [2.05, 4.69) is 24.3 Å². The SMILES string of the molecule is O=C(O)Cc1cccc(OCCCC(Cc2cccc(C(F)(F)F)c2Cl)CC(c2ccccc2)c2ccccc2)c1. The highest BCUT2D eigenvalue weighted by molar-refractivity contribution is 6.32. The van der Waals surface area contributed by atoms with Gasteiger partial charge in [0.05, 0.1) is 23.6 Å². The van der Waals surface area contributed by atoms with Crippen molar-refractivity contribution in [3.05, 3.63) is 136 Å². The molecule has 4 rings (SSSR count). The molecular weight excluding hydrogens is 549 g/mol. The lowest BCUT2D eigenvalue weighted by molar-refractivity contribution is -0.138. The molecule has 4 aromatic carbocycles. The van der Waals surface area contributed by atoms with Gasteiger partial charge in [-0.2, -0.15) is 13.2 Å². The monoisotopic (exact) mass is 580 g/mol. The van der Waals surface area contributed by atoms with E-state index >= 15 is 0 Å². The molecule has 1 atom stereocenters. The van der Waals surface area contributed by atoms with Crippen molar-refractivity contribution in [1.82, 2.24) is 0 Å². The van der Waals surface area contributed by atoms with Gasteiger partial charge in [-0.3, -0.25) is 4.79 Å². The van der Waals surface area contributed by atoms with Crippen molar-refractivity contribution in [2.75, 3.05) is 6.61 Å². The zero-order valence-corrected chi connectivity index (χ0v) is 23.2. The molecule has 1 unspecified atom stereocenters. The Morgan fingerprint density at radius 3 is 2.10 bits per heavy atom. The summed E-state index contributed by atoms with van der Waals surface area (Å²) in [6.45, 7) is 0.394. The van der Waals surface area contributed by atoms with Crippen LogP contribution in [-0.4, -0.2) is 17.7 Å². The molecule has 0 amide bonds. The predicted octanol–water partition coefficient (Wildman–Crippen LogP) is 9.23. The second kappa shape index (κ2) is 14.2. The molecule has 0 aromatic heterocycles. The van der Waals surface area contributed by atoms with Crippen LogP contribution < -0.4 is 4.74 Å². The number of rotatable bonds is 13. The maximum absolute atomic E-state index is 13.6. The minimum Gasteiger partial charge on any atom is -0.494 e. The number of alkyl halides is 3. The summed E-state index contributed by atoms with van der Waals surface area (Å²) in [4.78, 5) is 11.0. The number of carboxylic acid groups (broad SMARTS) is 1. The standard InChI is InChI=1S/C34H32ClF3O3/c35-33-28(16-8-18-31(33)34(36,37)38)20-24(11-9-19-41-29-17-7-10-25(21-29)23-32(39)40)22-30(26-12-3-1-4-13-26)27-14-5-2-6-15-27/h1-8,10,12-18,21,24,30H,9,11,19-20,22-23H2,(H,39,40). The van der Waals surface area contributed by atoms with Gasteiger partial charge in [0.15, 0.2) is 0 Å². The summed E-state index contributed by atoms with van der Waals surface area (Å²) >= 11 is 6.31. The molecule has 0 fully saturated rings. The number of carbonyl (C=O) groups is 1. The highest BCUT2D eigenvalue weighted by Crippen LogP contribution is 2.39. The summed E-state index contributed by atoms with van der Waals surface area (Å²) in [6.07, 6.45) is -2.13. The van der Waals surface area contributed by atoms with Crippen LogP contribution in [0, 0.1) is 5.92 Å². The van der Waals surface area contributed by atoms with Crippen LogP contribution in [-0.2, 0) is 23.8 Å². The molecule has 214 valence electrons. The van der Waals surface area contributed by atoms with Gasteiger partial charge >= 0.3 is 12.1 Å². The molecule has 0 aliphatic heterocycles. The zero-order chi connectivity index (χ0) is 29.2. The van der Waals surface area contributed by atoms with Crippen LogP contribution in [0.25, 0.3) is 0 Å². The van der Waals surface area contributed by atoms with Gasteiger partial charge in [-0.1, -0.05) is 96.5 Å². The molecule has 7 heteroatoms. The van der Waals surface area contributed by atoms with Gasteiger partial charge in [-0.25, -0.2) is 0 Å². The Bertz CT molecular complexity index is 1370. The lowest BCUT2D eigenvalue weighted by Gasteiger charge is -2.26. The first kappa shape index (κ1) is 30.2. The van der Waals surface area contributed by atoms with Crippen LogP contribution in [0.3, 0.4) is 0 Å². The number of aliphatic carboxylic acids is 1. The maximum Gasteiger partial charge on any atom is 0.417 e. The summed E-state index contributed by atoms with van der Waals surface area (Å²) in [5.74, 6) is -0.249. The Morgan fingerprint density at radius 2 is 1.49 bits per heavy atom. The van der Waals surface area contributed by atoms with E-state index in [-0.39, 0.29) is 23.3 Å². The first-order valence-corrected chi connectivity index (χ1v) is 14.0. The predicted molar refractivity (Wildman–Crippen MR) is 156 cm³/mol.